The Kier molecular flexibility index (Phi) is 3.23. The first-order chi connectivity index (χ1) is 6.43. The van der Waals surface area contributed by atoms with Crippen LogP contribution in [-0.4, -0.2) is 35.0 Å². The van der Waals surface area contributed by atoms with Crippen molar-refractivity contribution in [2.45, 2.75) is 0 Å². The Hall–Kier alpha value is 1.66. The molecular weight excluding hydrogens is 370 g/mol. The second-order valence-corrected chi connectivity index (χ2v) is 13.5. The van der Waals surface area contributed by atoms with Crippen LogP contribution in [0.25, 0.3) is 0 Å². The minimum atomic E-state index is 0.699. The first-order valence-electron chi connectivity index (χ1n) is 3.52. The van der Waals surface area contributed by atoms with E-state index in [9.17, 15) is 0 Å². The van der Waals surface area contributed by atoms with Gasteiger partial charge in [0.15, 0.2) is 0 Å². The summed E-state index contributed by atoms with van der Waals surface area (Å²) >= 11 is 9.43. The Balaban J connectivity index is 1.82. The molecule has 0 amide bonds. The van der Waals surface area contributed by atoms with Crippen LogP contribution in [0.15, 0.2) is 26.0 Å². The molecule has 0 N–H and O–H groups in total. The summed E-state index contributed by atoms with van der Waals surface area (Å²) < 4.78 is 6.86. The van der Waals surface area contributed by atoms with Crippen molar-refractivity contribution < 1.29 is 0 Å². The van der Waals surface area contributed by atoms with Crippen molar-refractivity contribution >= 4 is 77.0 Å². The van der Waals surface area contributed by atoms with Crippen LogP contribution in [0.3, 0.4) is 0 Å². The second kappa shape index (κ2) is 4.26. The summed E-state index contributed by atoms with van der Waals surface area (Å²) in [6.07, 6.45) is 0. The van der Waals surface area contributed by atoms with Crippen LogP contribution < -0.4 is 0 Å². The van der Waals surface area contributed by atoms with Gasteiger partial charge in [0.05, 0.1) is 0 Å². The van der Waals surface area contributed by atoms with E-state index < -0.39 is 0 Å². The Labute approximate surface area is 107 Å². The maximum atomic E-state index is 2.21. The van der Waals surface area contributed by atoms with Crippen molar-refractivity contribution in [3.63, 3.8) is 0 Å². The van der Waals surface area contributed by atoms with E-state index in [1.54, 1.807) is 15.2 Å². The van der Waals surface area contributed by atoms with Gasteiger partial charge in [-0.1, -0.05) is 0 Å². The van der Waals surface area contributed by atoms with Crippen molar-refractivity contribution in [1.29, 1.82) is 0 Å². The summed E-state index contributed by atoms with van der Waals surface area (Å²) in [5.41, 5.74) is 0. The second-order valence-electron chi connectivity index (χ2n) is 2.27. The van der Waals surface area contributed by atoms with Gasteiger partial charge in [0.2, 0.25) is 0 Å². The van der Waals surface area contributed by atoms with Gasteiger partial charge in [0.25, 0.3) is 0 Å². The summed E-state index contributed by atoms with van der Waals surface area (Å²) in [5.74, 6) is 0. The third-order valence-corrected chi connectivity index (χ3v) is 15.5. The van der Waals surface area contributed by atoms with Gasteiger partial charge in [0, 0.05) is 0 Å². The van der Waals surface area contributed by atoms with Gasteiger partial charge in [0.1, 0.15) is 0 Å². The van der Waals surface area contributed by atoms with Crippen LogP contribution in [0, 0.1) is 0 Å². The van der Waals surface area contributed by atoms with E-state index in [0.29, 0.717) is 29.9 Å². The molecule has 0 saturated heterocycles. The minimum absolute atomic E-state index is 0.699. The van der Waals surface area contributed by atoms with Crippen LogP contribution in [0.4, 0.5) is 0 Å². The Morgan fingerprint density at radius 1 is 1.00 bits per heavy atom. The fourth-order valence-corrected chi connectivity index (χ4v) is 16.8. The molecule has 3 aliphatic rings. The quantitative estimate of drug-likeness (QED) is 0.598. The van der Waals surface area contributed by atoms with Gasteiger partial charge < -0.3 is 0 Å². The summed E-state index contributed by atoms with van der Waals surface area (Å²) in [6.45, 7) is 0. The van der Waals surface area contributed by atoms with Crippen LogP contribution >= 0.6 is 47.0 Å². The molecule has 68 valence electrons. The Morgan fingerprint density at radius 3 is 2.23 bits per heavy atom. The molecule has 0 saturated carbocycles. The van der Waals surface area contributed by atoms with Gasteiger partial charge >= 0.3 is 108 Å². The molecule has 13 heavy (non-hydrogen) atoms. The van der Waals surface area contributed by atoms with Crippen LogP contribution in [0.5, 0.6) is 0 Å². The van der Waals surface area contributed by atoms with E-state index in [-0.39, 0.29) is 0 Å². The number of hydrogen-bond donors (Lipinski definition) is 0. The third kappa shape index (κ3) is 1.98. The summed E-state index contributed by atoms with van der Waals surface area (Å²) in [7, 11) is 0. The zero-order chi connectivity index (χ0) is 8.67. The first kappa shape index (κ1) is 9.85. The molecule has 0 bridgehead atoms. The molecule has 3 heterocycles. The van der Waals surface area contributed by atoms with Crippen molar-refractivity contribution in [3.05, 3.63) is 26.0 Å². The monoisotopic (exact) mass is 376 g/mol. The zero-order valence-corrected chi connectivity index (χ0v) is 13.0. The van der Waals surface area contributed by atoms with Gasteiger partial charge in [-0.3, -0.25) is 0 Å². The van der Waals surface area contributed by atoms with Gasteiger partial charge in [-0.05, 0) is 0 Å². The van der Waals surface area contributed by atoms with Crippen molar-refractivity contribution in [1.82, 2.24) is 0 Å². The average Bonchev–Trinajstić information content (AvgIpc) is 2.78. The number of rotatable bonds is 0. The van der Waals surface area contributed by atoms with Crippen molar-refractivity contribution in [2.75, 3.05) is 5.08 Å². The molecule has 0 spiro atoms. The van der Waals surface area contributed by atoms with Crippen LogP contribution in [-0.2, 0) is 0 Å². The van der Waals surface area contributed by atoms with Gasteiger partial charge in [-0.2, -0.15) is 0 Å². The van der Waals surface area contributed by atoms with E-state index in [2.05, 4.69) is 34.3 Å². The molecule has 0 aromatic heterocycles. The fourth-order valence-electron chi connectivity index (χ4n) is 0.972. The molecular formula is C7H4S4Se2. The van der Waals surface area contributed by atoms with E-state index in [4.69, 9.17) is 0 Å². The van der Waals surface area contributed by atoms with Crippen molar-refractivity contribution in [2.24, 2.45) is 0 Å². The molecule has 0 atom stereocenters. The molecule has 0 nitrogen and oxygen atoms in total. The van der Waals surface area contributed by atoms with E-state index in [0.717, 1.165) is 0 Å². The topological polar surface area (TPSA) is 0 Å². The number of thioether (sulfide) groups is 4. The van der Waals surface area contributed by atoms with Gasteiger partial charge in [-0.15, -0.1) is 0 Å². The molecule has 0 unspecified atom stereocenters. The summed E-state index contributed by atoms with van der Waals surface area (Å²) in [4.78, 5) is 0. The van der Waals surface area contributed by atoms with E-state index >= 15 is 0 Å². The predicted octanol–water partition coefficient (Wildman–Crippen LogP) is 3.05. The molecule has 0 fully saturated rings. The zero-order valence-electron chi connectivity index (χ0n) is 6.31. The predicted molar refractivity (Wildman–Crippen MR) is 69.9 cm³/mol. The standard InChI is InChI=1S/C7H4S4Se2/c1-2-9-4(8-1)7-12-5-6(13-7)11-3-10-5/h1-2H,3H2. The molecule has 3 rings (SSSR count). The van der Waals surface area contributed by atoms with E-state index in [1.165, 1.54) is 5.08 Å². The Bertz CT molecular complexity index is 316. The Morgan fingerprint density at radius 2 is 1.62 bits per heavy atom. The molecule has 3 aliphatic heterocycles. The molecule has 0 radical (unpaired) electrons. The molecule has 0 aromatic rings. The fraction of sp³-hybridized carbons (Fsp3) is 0.143. The molecule has 6 heteroatoms. The summed E-state index contributed by atoms with van der Waals surface area (Å²) in [5, 5.41) is 5.71. The summed E-state index contributed by atoms with van der Waals surface area (Å²) in [6, 6.07) is 0. The van der Waals surface area contributed by atoms with Crippen LogP contribution in [0.2, 0.25) is 0 Å². The van der Waals surface area contributed by atoms with Crippen molar-refractivity contribution in [3.8, 4) is 0 Å². The first-order valence-corrected chi connectivity index (χ1v) is 10.7. The maximum absolute atomic E-state index is 2.21. The molecule has 0 aromatic carbocycles. The molecule has 0 aliphatic carbocycles. The van der Waals surface area contributed by atoms with E-state index in [1.807, 2.05) is 23.5 Å². The third-order valence-electron chi connectivity index (χ3n) is 1.49. The average molecular weight is 374 g/mol. The van der Waals surface area contributed by atoms with Gasteiger partial charge in [-0.25, -0.2) is 0 Å². The van der Waals surface area contributed by atoms with Crippen LogP contribution in [0.1, 0.15) is 0 Å². The normalized spacial score (nSPS) is 26.5. The number of hydrogen-bond acceptors (Lipinski definition) is 4. The SMILES string of the molecule is C1=CSC(=C2[Se]C3=C(SCS3)[Se]2)S1.